The fourth-order valence-electron chi connectivity index (χ4n) is 0.498. The molecule has 0 bridgehead atoms. The number of nitrogens with one attached hydrogen (secondary N) is 1. The van der Waals surface area contributed by atoms with Crippen LogP contribution in [0.1, 0.15) is 6.92 Å². The van der Waals surface area contributed by atoms with Crippen LogP contribution in [0, 0.1) is 0 Å². The molecule has 0 saturated carbocycles. The van der Waals surface area contributed by atoms with E-state index >= 15 is 0 Å². The van der Waals surface area contributed by atoms with Gasteiger partial charge in [-0.15, -0.1) is 0 Å². The number of methoxy groups -OCH3 is 1. The van der Waals surface area contributed by atoms with E-state index < -0.39 is 0 Å². The molecule has 1 atom stereocenters. The third kappa shape index (κ3) is 1.02. The van der Waals surface area contributed by atoms with Gasteiger partial charge in [0.15, 0.2) is 6.23 Å². The predicted octanol–water partition coefficient (Wildman–Crippen LogP) is 0.586. The third-order valence-corrected chi connectivity index (χ3v) is 1.66. The van der Waals surface area contributed by atoms with Crippen molar-refractivity contribution in [3.05, 3.63) is 0 Å². The van der Waals surface area contributed by atoms with Crippen molar-refractivity contribution in [2.24, 2.45) is 4.40 Å². The Balaban J connectivity index is 2.46. The van der Waals surface area contributed by atoms with E-state index in [1.807, 2.05) is 6.92 Å². The van der Waals surface area contributed by atoms with Gasteiger partial charge in [0.05, 0.1) is 17.8 Å². The van der Waals surface area contributed by atoms with Crippen molar-refractivity contribution in [2.75, 3.05) is 7.11 Å². The maximum absolute atomic E-state index is 4.96. The van der Waals surface area contributed by atoms with Gasteiger partial charge in [0, 0.05) is 7.11 Å². The van der Waals surface area contributed by atoms with E-state index in [1.165, 1.54) is 12.1 Å². The van der Waals surface area contributed by atoms with Crippen LogP contribution in [0.5, 0.6) is 0 Å². The molecule has 0 fully saturated rings. The molecule has 1 unspecified atom stereocenters. The molecule has 1 aliphatic rings. The molecule has 46 valence electrons. The van der Waals surface area contributed by atoms with Gasteiger partial charge in [-0.25, -0.2) is 9.12 Å². The highest BCUT2D eigenvalue weighted by Crippen LogP contribution is 2.09. The van der Waals surface area contributed by atoms with Gasteiger partial charge in [0.1, 0.15) is 0 Å². The maximum Gasteiger partial charge on any atom is 0.157 e. The summed E-state index contributed by atoms with van der Waals surface area (Å²) >= 11 is 1.33. The number of hydrogen-bond acceptors (Lipinski definition) is 4. The fraction of sp³-hybridized carbons (Fsp3) is 0.750. The zero-order valence-electron chi connectivity index (χ0n) is 4.84. The number of nitrogens with zero attached hydrogens (tertiary/aromatic N) is 1. The van der Waals surface area contributed by atoms with Crippen molar-refractivity contribution in [1.82, 2.24) is 4.72 Å². The lowest BCUT2D eigenvalue weighted by Gasteiger charge is -2.04. The second-order valence-electron chi connectivity index (χ2n) is 1.56. The molecule has 1 rings (SSSR count). The van der Waals surface area contributed by atoms with Crippen molar-refractivity contribution < 1.29 is 4.74 Å². The average Bonchev–Trinajstić information content (AvgIpc) is 2.14. The second-order valence-corrected chi connectivity index (χ2v) is 2.16. The lowest BCUT2D eigenvalue weighted by atomic mass is 10.4. The lowest BCUT2D eigenvalue weighted by Crippen LogP contribution is -2.26. The molecular weight excluding hydrogens is 124 g/mol. The molecular formula is C4H8N2OS. The van der Waals surface area contributed by atoms with E-state index in [0.29, 0.717) is 0 Å². The van der Waals surface area contributed by atoms with Crippen LogP contribution in [0.15, 0.2) is 4.40 Å². The summed E-state index contributed by atoms with van der Waals surface area (Å²) in [7, 11) is 1.66. The highest BCUT2D eigenvalue weighted by atomic mass is 32.2. The standard InChI is InChI=1S/C4H8N2OS/c1-3-4(7-2)6-8-5-3/h4,6H,1-2H3. The van der Waals surface area contributed by atoms with Gasteiger partial charge in [-0.2, -0.15) is 0 Å². The highest BCUT2D eigenvalue weighted by molar-refractivity contribution is 7.96. The van der Waals surface area contributed by atoms with Gasteiger partial charge >= 0.3 is 0 Å². The van der Waals surface area contributed by atoms with Crippen molar-refractivity contribution >= 4 is 17.8 Å². The molecule has 0 aliphatic carbocycles. The van der Waals surface area contributed by atoms with Crippen molar-refractivity contribution in [2.45, 2.75) is 13.2 Å². The summed E-state index contributed by atoms with van der Waals surface area (Å²) < 4.78 is 11.9. The van der Waals surface area contributed by atoms with Crippen LogP contribution in [0.2, 0.25) is 0 Å². The van der Waals surface area contributed by atoms with Crippen LogP contribution in [0.25, 0.3) is 0 Å². The van der Waals surface area contributed by atoms with Crippen molar-refractivity contribution in [3.63, 3.8) is 0 Å². The molecule has 0 aromatic heterocycles. The van der Waals surface area contributed by atoms with Gasteiger partial charge in [-0.05, 0) is 6.92 Å². The minimum atomic E-state index is 0.0278. The normalized spacial score (nSPS) is 28.2. The Morgan fingerprint density at radius 3 is 2.88 bits per heavy atom. The smallest absolute Gasteiger partial charge is 0.157 e. The minimum Gasteiger partial charge on any atom is -0.360 e. The first-order chi connectivity index (χ1) is 3.84. The van der Waals surface area contributed by atoms with E-state index in [-0.39, 0.29) is 6.23 Å². The van der Waals surface area contributed by atoms with Crippen LogP contribution in [0.4, 0.5) is 0 Å². The SMILES string of the molecule is COC1NSN=C1C. The van der Waals surface area contributed by atoms with Crippen molar-refractivity contribution in [3.8, 4) is 0 Å². The van der Waals surface area contributed by atoms with E-state index in [1.54, 1.807) is 7.11 Å². The summed E-state index contributed by atoms with van der Waals surface area (Å²) in [5, 5.41) is 0. The van der Waals surface area contributed by atoms with Gasteiger partial charge in [-0.1, -0.05) is 0 Å². The maximum atomic E-state index is 4.96. The van der Waals surface area contributed by atoms with Gasteiger partial charge in [0.2, 0.25) is 0 Å². The Labute approximate surface area is 52.8 Å². The third-order valence-electron chi connectivity index (χ3n) is 0.965. The zero-order chi connectivity index (χ0) is 5.98. The van der Waals surface area contributed by atoms with E-state index in [0.717, 1.165) is 5.71 Å². The largest absolute Gasteiger partial charge is 0.360 e. The van der Waals surface area contributed by atoms with Crippen LogP contribution >= 0.6 is 12.1 Å². The summed E-state index contributed by atoms with van der Waals surface area (Å²) in [5.74, 6) is 0. The molecule has 1 heterocycles. The van der Waals surface area contributed by atoms with Crippen LogP contribution in [-0.2, 0) is 4.74 Å². The molecule has 1 aliphatic heterocycles. The molecule has 4 heteroatoms. The molecule has 0 radical (unpaired) electrons. The Morgan fingerprint density at radius 2 is 2.62 bits per heavy atom. The minimum absolute atomic E-state index is 0.0278. The second kappa shape index (κ2) is 2.48. The van der Waals surface area contributed by atoms with Crippen LogP contribution in [-0.4, -0.2) is 19.0 Å². The van der Waals surface area contributed by atoms with Gasteiger partial charge < -0.3 is 4.74 Å². The first kappa shape index (κ1) is 6.07. The number of ether oxygens (including phenoxy) is 1. The summed E-state index contributed by atoms with van der Waals surface area (Å²) in [6.07, 6.45) is 0.0278. The predicted molar refractivity (Wildman–Crippen MR) is 34.6 cm³/mol. The Kier molecular flexibility index (Phi) is 1.88. The molecule has 8 heavy (non-hydrogen) atoms. The molecule has 0 aromatic carbocycles. The Hall–Kier alpha value is -0.0600. The number of rotatable bonds is 1. The summed E-state index contributed by atoms with van der Waals surface area (Å²) in [6.45, 7) is 1.93. The first-order valence-electron chi connectivity index (χ1n) is 2.33. The Bertz CT molecular complexity index is 115. The van der Waals surface area contributed by atoms with Crippen LogP contribution < -0.4 is 4.72 Å². The summed E-state index contributed by atoms with van der Waals surface area (Å²) in [6, 6.07) is 0. The zero-order valence-corrected chi connectivity index (χ0v) is 5.66. The molecule has 0 spiro atoms. The van der Waals surface area contributed by atoms with E-state index in [2.05, 4.69) is 9.12 Å². The topological polar surface area (TPSA) is 33.6 Å². The average molecular weight is 132 g/mol. The Morgan fingerprint density at radius 1 is 1.88 bits per heavy atom. The van der Waals surface area contributed by atoms with E-state index in [4.69, 9.17) is 4.74 Å². The monoisotopic (exact) mass is 132 g/mol. The molecule has 3 nitrogen and oxygen atoms in total. The highest BCUT2D eigenvalue weighted by Gasteiger charge is 2.15. The summed E-state index contributed by atoms with van der Waals surface area (Å²) in [5.41, 5.74) is 0.998. The summed E-state index contributed by atoms with van der Waals surface area (Å²) in [4.78, 5) is 0. The quantitative estimate of drug-likeness (QED) is 0.530. The van der Waals surface area contributed by atoms with Crippen LogP contribution in [0.3, 0.4) is 0 Å². The van der Waals surface area contributed by atoms with E-state index in [9.17, 15) is 0 Å². The van der Waals surface area contributed by atoms with Gasteiger partial charge in [0.25, 0.3) is 0 Å². The molecule has 0 aromatic rings. The first-order valence-corrected chi connectivity index (χ1v) is 3.11. The fourth-order valence-corrected chi connectivity index (χ4v) is 1.15. The van der Waals surface area contributed by atoms with Gasteiger partial charge in [-0.3, -0.25) is 0 Å². The number of hydrogen-bond donors (Lipinski definition) is 1. The molecule has 1 N–H and O–H groups in total. The molecule has 0 amide bonds. The molecule has 0 saturated heterocycles. The lowest BCUT2D eigenvalue weighted by molar-refractivity contribution is 0.152. The van der Waals surface area contributed by atoms with Crippen molar-refractivity contribution in [1.29, 1.82) is 0 Å².